The van der Waals surface area contributed by atoms with Gasteiger partial charge in [-0.2, -0.15) is 0 Å². The predicted octanol–water partition coefficient (Wildman–Crippen LogP) is 1.36. The SMILES string of the molecule is Cc1cccc(C(N)CN2CCN(C)C2=O)c1. The Labute approximate surface area is 102 Å². The summed E-state index contributed by atoms with van der Waals surface area (Å²) in [6.07, 6.45) is 0. The maximum atomic E-state index is 11.7. The van der Waals surface area contributed by atoms with E-state index < -0.39 is 0 Å². The first-order valence-corrected chi connectivity index (χ1v) is 5.90. The number of urea groups is 1. The van der Waals surface area contributed by atoms with Crippen LogP contribution in [-0.4, -0.2) is 42.5 Å². The van der Waals surface area contributed by atoms with E-state index in [2.05, 4.69) is 6.07 Å². The van der Waals surface area contributed by atoms with Gasteiger partial charge in [-0.15, -0.1) is 0 Å². The second kappa shape index (κ2) is 4.75. The molecule has 0 spiro atoms. The Bertz CT molecular complexity index is 419. The van der Waals surface area contributed by atoms with Crippen LogP contribution in [0.3, 0.4) is 0 Å². The molecular weight excluding hydrogens is 214 g/mol. The summed E-state index contributed by atoms with van der Waals surface area (Å²) >= 11 is 0. The van der Waals surface area contributed by atoms with Crippen LogP contribution in [0.4, 0.5) is 4.79 Å². The molecule has 2 rings (SSSR count). The molecule has 4 nitrogen and oxygen atoms in total. The van der Waals surface area contributed by atoms with E-state index in [0.29, 0.717) is 6.54 Å². The molecule has 92 valence electrons. The van der Waals surface area contributed by atoms with Gasteiger partial charge in [0.1, 0.15) is 0 Å². The van der Waals surface area contributed by atoms with E-state index in [1.54, 1.807) is 4.90 Å². The number of aryl methyl sites for hydroxylation is 1. The highest BCUT2D eigenvalue weighted by Gasteiger charge is 2.26. The van der Waals surface area contributed by atoms with Crippen molar-refractivity contribution in [2.24, 2.45) is 5.73 Å². The van der Waals surface area contributed by atoms with E-state index in [1.807, 2.05) is 37.1 Å². The van der Waals surface area contributed by atoms with Crippen molar-refractivity contribution < 1.29 is 4.79 Å². The smallest absolute Gasteiger partial charge is 0.319 e. The third-order valence-corrected chi connectivity index (χ3v) is 3.19. The fourth-order valence-corrected chi connectivity index (χ4v) is 2.12. The summed E-state index contributed by atoms with van der Waals surface area (Å²) < 4.78 is 0. The van der Waals surface area contributed by atoms with Gasteiger partial charge in [0, 0.05) is 32.7 Å². The largest absolute Gasteiger partial charge is 0.326 e. The Morgan fingerprint density at radius 1 is 1.41 bits per heavy atom. The lowest BCUT2D eigenvalue weighted by atomic mass is 10.0. The predicted molar refractivity (Wildman–Crippen MR) is 67.7 cm³/mol. The summed E-state index contributed by atoms with van der Waals surface area (Å²) in [6.45, 7) is 4.20. The second-order valence-electron chi connectivity index (χ2n) is 4.67. The zero-order chi connectivity index (χ0) is 12.4. The van der Waals surface area contributed by atoms with Gasteiger partial charge in [-0.25, -0.2) is 4.79 Å². The van der Waals surface area contributed by atoms with Crippen molar-refractivity contribution in [1.29, 1.82) is 0 Å². The molecule has 1 aliphatic rings. The Morgan fingerprint density at radius 2 is 2.18 bits per heavy atom. The van der Waals surface area contributed by atoms with Gasteiger partial charge in [0.25, 0.3) is 0 Å². The summed E-state index contributed by atoms with van der Waals surface area (Å²) in [7, 11) is 1.82. The number of nitrogens with zero attached hydrogens (tertiary/aromatic N) is 2. The molecule has 1 aromatic rings. The summed E-state index contributed by atoms with van der Waals surface area (Å²) in [5, 5.41) is 0. The summed E-state index contributed by atoms with van der Waals surface area (Å²) in [5.74, 6) is 0. The molecule has 1 fully saturated rings. The number of carbonyl (C=O) groups excluding carboxylic acids is 1. The molecule has 0 bridgehead atoms. The van der Waals surface area contributed by atoms with Crippen LogP contribution in [0, 0.1) is 6.92 Å². The van der Waals surface area contributed by atoms with Crippen LogP contribution in [0.25, 0.3) is 0 Å². The molecular formula is C13H19N3O. The zero-order valence-electron chi connectivity index (χ0n) is 10.4. The van der Waals surface area contributed by atoms with E-state index in [4.69, 9.17) is 5.73 Å². The quantitative estimate of drug-likeness (QED) is 0.857. The van der Waals surface area contributed by atoms with Gasteiger partial charge in [-0.1, -0.05) is 29.8 Å². The Kier molecular flexibility index (Phi) is 3.33. The average molecular weight is 233 g/mol. The number of nitrogens with two attached hydrogens (primary N) is 1. The molecule has 1 saturated heterocycles. The van der Waals surface area contributed by atoms with Crippen LogP contribution in [-0.2, 0) is 0 Å². The monoisotopic (exact) mass is 233 g/mol. The normalized spacial score (nSPS) is 17.7. The molecule has 0 aliphatic carbocycles. The van der Waals surface area contributed by atoms with E-state index in [9.17, 15) is 4.79 Å². The molecule has 0 saturated carbocycles. The number of likely N-dealkylation sites (N-methyl/N-ethyl adjacent to an activating group) is 1. The van der Waals surface area contributed by atoms with Crippen molar-refractivity contribution in [3.05, 3.63) is 35.4 Å². The van der Waals surface area contributed by atoms with Crippen molar-refractivity contribution in [3.8, 4) is 0 Å². The average Bonchev–Trinajstić information content (AvgIpc) is 2.61. The lowest BCUT2D eigenvalue weighted by Crippen LogP contribution is -2.35. The molecule has 2 N–H and O–H groups in total. The molecule has 1 atom stereocenters. The van der Waals surface area contributed by atoms with Crippen LogP contribution in [0.2, 0.25) is 0 Å². The van der Waals surface area contributed by atoms with Gasteiger partial charge in [-0.05, 0) is 12.5 Å². The molecule has 0 aromatic heterocycles. The fourth-order valence-electron chi connectivity index (χ4n) is 2.12. The first-order valence-electron chi connectivity index (χ1n) is 5.90. The lowest BCUT2D eigenvalue weighted by molar-refractivity contribution is 0.196. The van der Waals surface area contributed by atoms with E-state index >= 15 is 0 Å². The maximum Gasteiger partial charge on any atom is 0.319 e. The standard InChI is InChI=1S/C13H19N3O/c1-10-4-3-5-11(8-10)12(14)9-16-7-6-15(2)13(16)17/h3-5,8,12H,6-7,9,14H2,1-2H3. The first kappa shape index (κ1) is 11.9. The second-order valence-corrected chi connectivity index (χ2v) is 4.67. The summed E-state index contributed by atoms with van der Waals surface area (Å²) in [4.78, 5) is 15.3. The molecule has 1 unspecified atom stereocenters. The van der Waals surface area contributed by atoms with Crippen LogP contribution in [0.5, 0.6) is 0 Å². The summed E-state index contributed by atoms with van der Waals surface area (Å²) in [6, 6.07) is 8.11. The third kappa shape index (κ3) is 2.58. The number of hydrogen-bond donors (Lipinski definition) is 1. The van der Waals surface area contributed by atoms with Crippen molar-refractivity contribution in [1.82, 2.24) is 9.80 Å². The van der Waals surface area contributed by atoms with Crippen LogP contribution in [0.15, 0.2) is 24.3 Å². The molecule has 0 radical (unpaired) electrons. The maximum absolute atomic E-state index is 11.7. The number of benzene rings is 1. The Hall–Kier alpha value is -1.55. The van der Waals surface area contributed by atoms with Crippen LogP contribution < -0.4 is 5.73 Å². The highest BCUT2D eigenvalue weighted by molar-refractivity contribution is 5.76. The van der Waals surface area contributed by atoms with E-state index in [0.717, 1.165) is 18.7 Å². The number of amides is 2. The van der Waals surface area contributed by atoms with Gasteiger partial charge in [-0.3, -0.25) is 0 Å². The molecule has 1 aromatic carbocycles. The number of hydrogen-bond acceptors (Lipinski definition) is 2. The van der Waals surface area contributed by atoms with Crippen molar-refractivity contribution in [3.63, 3.8) is 0 Å². The minimum Gasteiger partial charge on any atom is -0.326 e. The Morgan fingerprint density at radius 3 is 2.76 bits per heavy atom. The molecule has 4 heteroatoms. The van der Waals surface area contributed by atoms with Crippen molar-refractivity contribution in [2.75, 3.05) is 26.7 Å². The van der Waals surface area contributed by atoms with E-state index in [1.165, 1.54) is 5.56 Å². The lowest BCUT2D eigenvalue weighted by Gasteiger charge is -2.21. The van der Waals surface area contributed by atoms with Gasteiger partial charge in [0.2, 0.25) is 0 Å². The van der Waals surface area contributed by atoms with Crippen LogP contribution >= 0.6 is 0 Å². The minimum atomic E-state index is -0.106. The third-order valence-electron chi connectivity index (χ3n) is 3.19. The molecule has 17 heavy (non-hydrogen) atoms. The Balaban J connectivity index is 2.02. The zero-order valence-corrected chi connectivity index (χ0v) is 10.4. The van der Waals surface area contributed by atoms with Crippen LogP contribution in [0.1, 0.15) is 17.2 Å². The molecule has 1 aliphatic heterocycles. The molecule has 2 amide bonds. The fraction of sp³-hybridized carbons (Fsp3) is 0.462. The van der Waals surface area contributed by atoms with Gasteiger partial charge in [0.15, 0.2) is 0 Å². The number of rotatable bonds is 3. The van der Waals surface area contributed by atoms with Crippen molar-refractivity contribution in [2.45, 2.75) is 13.0 Å². The van der Waals surface area contributed by atoms with Crippen molar-refractivity contribution >= 4 is 6.03 Å². The van der Waals surface area contributed by atoms with Gasteiger partial charge in [0.05, 0.1) is 0 Å². The highest BCUT2D eigenvalue weighted by atomic mass is 16.2. The topological polar surface area (TPSA) is 49.6 Å². The van der Waals surface area contributed by atoms with Gasteiger partial charge >= 0.3 is 6.03 Å². The summed E-state index contributed by atoms with van der Waals surface area (Å²) in [5.41, 5.74) is 8.43. The minimum absolute atomic E-state index is 0.0769. The van der Waals surface area contributed by atoms with Gasteiger partial charge < -0.3 is 15.5 Å². The molecule has 1 heterocycles. The van der Waals surface area contributed by atoms with E-state index in [-0.39, 0.29) is 12.1 Å². The highest BCUT2D eigenvalue weighted by Crippen LogP contribution is 2.16. The number of carbonyl (C=O) groups is 1. The first-order chi connectivity index (χ1) is 8.08.